The molecular weight excluding hydrogens is 457 g/mol. The highest BCUT2D eigenvalue weighted by Gasteiger charge is 2.13. The number of methoxy groups -OCH3 is 1. The Hall–Kier alpha value is -2.87. The van der Waals surface area contributed by atoms with E-state index in [1.165, 1.54) is 7.11 Å². The highest BCUT2D eigenvalue weighted by atomic mass is 127. The minimum absolute atomic E-state index is 0.281. The van der Waals surface area contributed by atoms with E-state index in [-0.39, 0.29) is 5.91 Å². The van der Waals surface area contributed by atoms with E-state index in [4.69, 9.17) is 9.47 Å². The van der Waals surface area contributed by atoms with Crippen LogP contribution >= 0.6 is 22.6 Å². The van der Waals surface area contributed by atoms with Crippen molar-refractivity contribution < 1.29 is 19.1 Å². The minimum atomic E-state index is -0.425. The van der Waals surface area contributed by atoms with Crippen LogP contribution in [0.2, 0.25) is 0 Å². The Morgan fingerprint density at radius 1 is 0.852 bits per heavy atom. The fraction of sp³-hybridized carbons (Fsp3) is 0.0476. The van der Waals surface area contributed by atoms with Gasteiger partial charge in [0, 0.05) is 9.26 Å². The average Bonchev–Trinajstić information content (AvgIpc) is 2.69. The molecule has 0 bridgehead atoms. The first-order valence-electron chi connectivity index (χ1n) is 8.09. The molecule has 0 spiro atoms. The molecule has 6 heteroatoms. The van der Waals surface area contributed by atoms with Crippen molar-refractivity contribution in [3.63, 3.8) is 0 Å². The van der Waals surface area contributed by atoms with Crippen molar-refractivity contribution in [2.24, 2.45) is 0 Å². The van der Waals surface area contributed by atoms with Crippen LogP contribution in [0.4, 0.5) is 5.69 Å². The van der Waals surface area contributed by atoms with Gasteiger partial charge in [-0.25, -0.2) is 4.79 Å². The first-order chi connectivity index (χ1) is 13.1. The molecule has 5 nitrogen and oxygen atoms in total. The van der Waals surface area contributed by atoms with Crippen molar-refractivity contribution in [3.8, 4) is 11.5 Å². The van der Waals surface area contributed by atoms with Gasteiger partial charge in [-0.2, -0.15) is 0 Å². The van der Waals surface area contributed by atoms with Gasteiger partial charge >= 0.3 is 5.97 Å². The molecule has 3 aromatic rings. The first kappa shape index (κ1) is 18.9. The second-order valence-electron chi connectivity index (χ2n) is 5.55. The molecule has 0 aromatic heterocycles. The number of carbonyl (C=O) groups is 2. The third-order valence-corrected chi connectivity index (χ3v) is 4.71. The summed E-state index contributed by atoms with van der Waals surface area (Å²) in [5.74, 6) is 0.190. The Labute approximate surface area is 170 Å². The van der Waals surface area contributed by atoms with Crippen molar-refractivity contribution in [1.82, 2.24) is 0 Å². The predicted octanol–water partition coefficient (Wildman–Crippen LogP) is 4.77. The number of benzene rings is 3. The molecular formula is C21H16INO4. The molecule has 0 atom stereocenters. The van der Waals surface area contributed by atoms with E-state index < -0.39 is 5.97 Å². The molecule has 0 aliphatic heterocycles. The van der Waals surface area contributed by atoms with Crippen molar-refractivity contribution >= 4 is 40.2 Å². The molecule has 3 aromatic carbocycles. The van der Waals surface area contributed by atoms with Crippen molar-refractivity contribution in [2.45, 2.75) is 0 Å². The van der Waals surface area contributed by atoms with E-state index in [1.807, 2.05) is 12.1 Å². The number of rotatable bonds is 5. The van der Waals surface area contributed by atoms with E-state index in [9.17, 15) is 9.59 Å². The molecule has 136 valence electrons. The zero-order chi connectivity index (χ0) is 19.2. The van der Waals surface area contributed by atoms with Gasteiger partial charge in [-0.3, -0.25) is 4.79 Å². The Balaban J connectivity index is 1.68. The summed E-state index contributed by atoms with van der Waals surface area (Å²) in [6.45, 7) is 0. The zero-order valence-electron chi connectivity index (χ0n) is 14.4. The maximum atomic E-state index is 12.4. The third-order valence-electron chi connectivity index (χ3n) is 3.77. The lowest BCUT2D eigenvalue weighted by atomic mass is 10.2. The largest absolute Gasteiger partial charge is 0.496 e. The molecule has 0 saturated carbocycles. The molecule has 0 unspecified atom stereocenters. The summed E-state index contributed by atoms with van der Waals surface area (Å²) < 4.78 is 11.4. The van der Waals surface area contributed by atoms with Crippen LogP contribution in [0, 0.1) is 3.57 Å². The van der Waals surface area contributed by atoms with Gasteiger partial charge in [0.05, 0.1) is 18.2 Å². The molecule has 0 saturated heterocycles. The van der Waals surface area contributed by atoms with E-state index >= 15 is 0 Å². The van der Waals surface area contributed by atoms with Gasteiger partial charge in [0.25, 0.3) is 5.91 Å². The van der Waals surface area contributed by atoms with Gasteiger partial charge in [0.2, 0.25) is 0 Å². The summed E-state index contributed by atoms with van der Waals surface area (Å²) >= 11 is 2.09. The predicted molar refractivity (Wildman–Crippen MR) is 112 cm³/mol. The molecule has 0 aliphatic rings. The standard InChI is InChI=1S/C21H16INO4/c1-26-19-9-5-3-7-17(19)20(24)23-14-10-12-15(13-11-14)27-21(25)16-6-2-4-8-18(16)22/h2-13H,1H3,(H,23,24). The smallest absolute Gasteiger partial charge is 0.344 e. The molecule has 27 heavy (non-hydrogen) atoms. The van der Waals surface area contributed by atoms with Crippen LogP contribution < -0.4 is 14.8 Å². The van der Waals surface area contributed by atoms with Crippen LogP contribution in [0.15, 0.2) is 72.8 Å². The summed E-state index contributed by atoms with van der Waals surface area (Å²) in [6.07, 6.45) is 0. The summed E-state index contributed by atoms with van der Waals surface area (Å²) in [7, 11) is 1.52. The number of carbonyl (C=O) groups excluding carboxylic acids is 2. The first-order valence-corrected chi connectivity index (χ1v) is 9.17. The van der Waals surface area contributed by atoms with Gasteiger partial charge in [-0.1, -0.05) is 24.3 Å². The fourth-order valence-corrected chi connectivity index (χ4v) is 3.03. The number of amides is 1. The quantitative estimate of drug-likeness (QED) is 0.330. The molecule has 0 fully saturated rings. The van der Waals surface area contributed by atoms with E-state index in [0.29, 0.717) is 28.3 Å². The number of hydrogen-bond donors (Lipinski definition) is 1. The van der Waals surface area contributed by atoms with Crippen LogP contribution in [0.3, 0.4) is 0 Å². The van der Waals surface area contributed by atoms with Crippen LogP contribution in [0.1, 0.15) is 20.7 Å². The Morgan fingerprint density at radius 3 is 2.15 bits per heavy atom. The Morgan fingerprint density at radius 2 is 1.48 bits per heavy atom. The lowest BCUT2D eigenvalue weighted by molar-refractivity contribution is 0.0733. The average molecular weight is 473 g/mol. The summed E-state index contributed by atoms with van der Waals surface area (Å²) in [4.78, 5) is 24.6. The highest BCUT2D eigenvalue weighted by molar-refractivity contribution is 14.1. The van der Waals surface area contributed by atoms with E-state index in [2.05, 4.69) is 27.9 Å². The van der Waals surface area contributed by atoms with E-state index in [0.717, 1.165) is 3.57 Å². The second kappa shape index (κ2) is 8.68. The normalized spacial score (nSPS) is 10.1. The minimum Gasteiger partial charge on any atom is -0.496 e. The summed E-state index contributed by atoms with van der Waals surface area (Å²) in [6, 6.07) is 20.8. The SMILES string of the molecule is COc1ccccc1C(=O)Nc1ccc(OC(=O)c2ccccc2I)cc1. The van der Waals surface area contributed by atoms with E-state index in [1.54, 1.807) is 60.7 Å². The fourth-order valence-electron chi connectivity index (χ4n) is 2.43. The van der Waals surface area contributed by atoms with Gasteiger partial charge < -0.3 is 14.8 Å². The number of ether oxygens (including phenoxy) is 2. The van der Waals surface area contributed by atoms with Crippen LogP contribution in [0.5, 0.6) is 11.5 Å². The van der Waals surface area contributed by atoms with Crippen molar-refractivity contribution in [3.05, 3.63) is 87.5 Å². The number of esters is 1. The maximum absolute atomic E-state index is 12.4. The van der Waals surface area contributed by atoms with Crippen molar-refractivity contribution in [1.29, 1.82) is 0 Å². The summed E-state index contributed by atoms with van der Waals surface area (Å²) in [5, 5.41) is 2.79. The zero-order valence-corrected chi connectivity index (χ0v) is 16.6. The van der Waals surface area contributed by atoms with Gasteiger partial charge in [0.15, 0.2) is 0 Å². The topological polar surface area (TPSA) is 64.6 Å². The monoisotopic (exact) mass is 473 g/mol. The van der Waals surface area contributed by atoms with Crippen molar-refractivity contribution in [2.75, 3.05) is 12.4 Å². The lowest BCUT2D eigenvalue weighted by Gasteiger charge is -2.10. The molecule has 1 N–H and O–H groups in total. The highest BCUT2D eigenvalue weighted by Crippen LogP contribution is 2.22. The number of halogens is 1. The molecule has 0 heterocycles. The number of hydrogen-bond acceptors (Lipinski definition) is 4. The lowest BCUT2D eigenvalue weighted by Crippen LogP contribution is -2.13. The Bertz CT molecular complexity index is 970. The third kappa shape index (κ3) is 4.65. The van der Waals surface area contributed by atoms with Gasteiger partial charge in [-0.05, 0) is 71.1 Å². The van der Waals surface area contributed by atoms with Gasteiger partial charge in [0.1, 0.15) is 11.5 Å². The number of nitrogens with one attached hydrogen (secondary N) is 1. The molecule has 3 rings (SSSR count). The maximum Gasteiger partial charge on any atom is 0.344 e. The van der Waals surface area contributed by atoms with Crippen LogP contribution in [-0.2, 0) is 0 Å². The molecule has 0 aliphatic carbocycles. The molecule has 1 amide bonds. The van der Waals surface area contributed by atoms with Crippen LogP contribution in [-0.4, -0.2) is 19.0 Å². The summed E-state index contributed by atoms with van der Waals surface area (Å²) in [5.41, 5.74) is 1.53. The Kier molecular flexibility index (Phi) is 6.08. The number of anilines is 1. The number of para-hydroxylation sites is 1. The second-order valence-corrected chi connectivity index (χ2v) is 6.71. The van der Waals surface area contributed by atoms with Gasteiger partial charge in [-0.15, -0.1) is 0 Å². The van der Waals surface area contributed by atoms with Crippen LogP contribution in [0.25, 0.3) is 0 Å². The molecule has 0 radical (unpaired) electrons.